The van der Waals surface area contributed by atoms with Crippen molar-refractivity contribution in [3.8, 4) is 0 Å². The van der Waals surface area contributed by atoms with Crippen molar-refractivity contribution in [3.63, 3.8) is 0 Å². The van der Waals surface area contributed by atoms with Crippen molar-refractivity contribution in [3.05, 3.63) is 82.0 Å². The number of rotatable bonds is 6. The Balaban J connectivity index is 1.65. The van der Waals surface area contributed by atoms with Gasteiger partial charge < -0.3 is 10.6 Å². The van der Waals surface area contributed by atoms with Gasteiger partial charge in [0.1, 0.15) is 23.2 Å². The molecule has 0 fully saturated rings. The van der Waals surface area contributed by atoms with Gasteiger partial charge in [0.25, 0.3) is 5.91 Å². The monoisotopic (exact) mass is 398 g/mol. The summed E-state index contributed by atoms with van der Waals surface area (Å²) in [7, 11) is 0. The first-order valence-corrected chi connectivity index (χ1v) is 9.20. The third-order valence-electron chi connectivity index (χ3n) is 4.13. The number of amides is 1. The minimum atomic E-state index is -0.341. The van der Waals surface area contributed by atoms with Gasteiger partial charge in [0.2, 0.25) is 0 Å². The molecule has 0 atom stereocenters. The molecule has 0 aliphatic heterocycles. The lowest BCUT2D eigenvalue weighted by molar-refractivity contribution is 0.102. The summed E-state index contributed by atoms with van der Waals surface area (Å²) in [5, 5.41) is 6.55. The van der Waals surface area contributed by atoms with E-state index in [2.05, 4.69) is 20.6 Å². The van der Waals surface area contributed by atoms with Crippen molar-refractivity contribution in [2.45, 2.75) is 20.3 Å². The first-order valence-electron chi connectivity index (χ1n) is 8.82. The van der Waals surface area contributed by atoms with Gasteiger partial charge in [0, 0.05) is 23.3 Å². The second-order valence-electron chi connectivity index (χ2n) is 6.41. The van der Waals surface area contributed by atoms with Crippen LogP contribution in [0.2, 0.25) is 5.02 Å². The zero-order chi connectivity index (χ0) is 20.1. The van der Waals surface area contributed by atoms with Crippen LogP contribution >= 0.6 is 11.6 Å². The van der Waals surface area contributed by atoms with Crippen LogP contribution in [0.4, 0.5) is 15.9 Å². The molecular formula is C21H20ClFN4O. The summed E-state index contributed by atoms with van der Waals surface area (Å²) in [6, 6.07) is 13.3. The van der Waals surface area contributed by atoms with Crippen LogP contribution in [0.1, 0.15) is 27.4 Å². The van der Waals surface area contributed by atoms with Gasteiger partial charge in [-0.15, -0.1) is 0 Å². The standard InChI is InChI=1S/C21H20ClFN4O/c1-13-3-8-17(11-18(13)22)27-21(28)19-12-20(26-14(2)25-19)24-10-9-15-4-6-16(23)7-5-15/h3-8,11-12H,9-10H2,1-2H3,(H,27,28)(H,24,25,26). The average molecular weight is 399 g/mol. The first kappa shape index (κ1) is 19.8. The summed E-state index contributed by atoms with van der Waals surface area (Å²) < 4.78 is 13.0. The Hall–Kier alpha value is -2.99. The lowest BCUT2D eigenvalue weighted by Gasteiger charge is -2.10. The van der Waals surface area contributed by atoms with Gasteiger partial charge in [-0.2, -0.15) is 0 Å². The lowest BCUT2D eigenvalue weighted by atomic mass is 10.1. The molecule has 0 unspecified atom stereocenters. The highest BCUT2D eigenvalue weighted by Gasteiger charge is 2.11. The van der Waals surface area contributed by atoms with E-state index in [0.717, 1.165) is 11.1 Å². The zero-order valence-electron chi connectivity index (χ0n) is 15.6. The molecule has 2 aromatic carbocycles. The predicted molar refractivity (Wildman–Crippen MR) is 110 cm³/mol. The Kier molecular flexibility index (Phi) is 6.21. The Morgan fingerprint density at radius 1 is 1.07 bits per heavy atom. The van der Waals surface area contributed by atoms with E-state index < -0.39 is 0 Å². The summed E-state index contributed by atoms with van der Waals surface area (Å²) >= 11 is 6.10. The van der Waals surface area contributed by atoms with Crippen molar-refractivity contribution in [2.75, 3.05) is 17.2 Å². The first-order chi connectivity index (χ1) is 13.4. The van der Waals surface area contributed by atoms with Crippen LogP contribution in [0.3, 0.4) is 0 Å². The number of carbonyl (C=O) groups is 1. The molecule has 0 aliphatic carbocycles. The van der Waals surface area contributed by atoms with E-state index in [9.17, 15) is 9.18 Å². The molecule has 0 saturated carbocycles. The number of hydrogen-bond acceptors (Lipinski definition) is 4. The smallest absolute Gasteiger partial charge is 0.274 e. The van der Waals surface area contributed by atoms with Gasteiger partial charge in [-0.25, -0.2) is 14.4 Å². The minimum absolute atomic E-state index is 0.256. The highest BCUT2D eigenvalue weighted by Crippen LogP contribution is 2.20. The Labute approximate surface area is 168 Å². The fourth-order valence-corrected chi connectivity index (χ4v) is 2.81. The van der Waals surface area contributed by atoms with Gasteiger partial charge in [-0.3, -0.25) is 4.79 Å². The van der Waals surface area contributed by atoms with Crippen LogP contribution in [0, 0.1) is 19.7 Å². The predicted octanol–water partition coefficient (Wildman–Crippen LogP) is 4.79. The molecule has 3 rings (SSSR count). The van der Waals surface area contributed by atoms with Crippen molar-refractivity contribution < 1.29 is 9.18 Å². The number of nitrogens with one attached hydrogen (secondary N) is 2. The molecule has 0 aliphatic rings. The molecule has 0 saturated heterocycles. The molecule has 0 spiro atoms. The third-order valence-corrected chi connectivity index (χ3v) is 4.54. The fourth-order valence-electron chi connectivity index (χ4n) is 2.63. The fraction of sp³-hybridized carbons (Fsp3) is 0.190. The van der Waals surface area contributed by atoms with E-state index in [1.807, 2.05) is 13.0 Å². The SMILES string of the molecule is Cc1nc(NCCc2ccc(F)cc2)cc(C(=O)Nc2ccc(C)c(Cl)c2)n1. The number of anilines is 2. The van der Waals surface area contributed by atoms with Gasteiger partial charge in [0.15, 0.2) is 0 Å². The number of nitrogens with zero attached hydrogens (tertiary/aromatic N) is 2. The number of halogens is 2. The number of aryl methyl sites for hydroxylation is 2. The Morgan fingerprint density at radius 3 is 2.54 bits per heavy atom. The molecule has 0 radical (unpaired) electrons. The van der Waals surface area contributed by atoms with Crippen molar-refractivity contribution >= 4 is 29.0 Å². The van der Waals surface area contributed by atoms with Crippen molar-refractivity contribution in [1.82, 2.24) is 9.97 Å². The van der Waals surface area contributed by atoms with Crippen LogP contribution in [0.5, 0.6) is 0 Å². The average Bonchev–Trinajstić information content (AvgIpc) is 2.66. The second-order valence-corrected chi connectivity index (χ2v) is 6.81. The summed E-state index contributed by atoms with van der Waals surface area (Å²) in [4.78, 5) is 21.1. The number of aromatic nitrogens is 2. The highest BCUT2D eigenvalue weighted by atomic mass is 35.5. The molecule has 1 amide bonds. The van der Waals surface area contributed by atoms with Crippen LogP contribution in [-0.2, 0) is 6.42 Å². The second kappa shape index (κ2) is 8.80. The van der Waals surface area contributed by atoms with Gasteiger partial charge in [-0.05, 0) is 55.7 Å². The Morgan fingerprint density at radius 2 is 1.82 bits per heavy atom. The molecule has 3 aromatic rings. The number of carbonyl (C=O) groups excluding carboxylic acids is 1. The van der Waals surface area contributed by atoms with Crippen molar-refractivity contribution in [1.29, 1.82) is 0 Å². The van der Waals surface area contributed by atoms with Gasteiger partial charge >= 0.3 is 0 Å². The molecular weight excluding hydrogens is 379 g/mol. The topological polar surface area (TPSA) is 66.9 Å². The Bertz CT molecular complexity index is 992. The summed E-state index contributed by atoms with van der Waals surface area (Å²) in [5.74, 6) is 0.446. The maximum absolute atomic E-state index is 13.0. The van der Waals surface area contributed by atoms with Gasteiger partial charge in [0.05, 0.1) is 0 Å². The third kappa shape index (κ3) is 5.27. The molecule has 144 valence electrons. The molecule has 2 N–H and O–H groups in total. The van der Waals surface area contributed by atoms with Crippen LogP contribution < -0.4 is 10.6 Å². The molecule has 28 heavy (non-hydrogen) atoms. The van der Waals surface area contributed by atoms with Crippen LogP contribution in [-0.4, -0.2) is 22.4 Å². The summed E-state index contributed by atoms with van der Waals surface area (Å²) in [6.45, 7) is 4.22. The normalized spacial score (nSPS) is 10.6. The molecule has 0 bridgehead atoms. The maximum Gasteiger partial charge on any atom is 0.274 e. The van der Waals surface area contributed by atoms with E-state index >= 15 is 0 Å². The van der Waals surface area contributed by atoms with E-state index in [-0.39, 0.29) is 17.4 Å². The van der Waals surface area contributed by atoms with Crippen LogP contribution in [0.15, 0.2) is 48.5 Å². The lowest BCUT2D eigenvalue weighted by Crippen LogP contribution is -2.16. The summed E-state index contributed by atoms with van der Waals surface area (Å²) in [5.41, 5.74) is 2.80. The van der Waals surface area contributed by atoms with Crippen molar-refractivity contribution in [2.24, 2.45) is 0 Å². The number of hydrogen-bond donors (Lipinski definition) is 2. The molecule has 5 nitrogen and oxygen atoms in total. The minimum Gasteiger partial charge on any atom is -0.370 e. The maximum atomic E-state index is 13.0. The van der Waals surface area contributed by atoms with E-state index in [1.165, 1.54) is 12.1 Å². The zero-order valence-corrected chi connectivity index (χ0v) is 16.3. The molecule has 7 heteroatoms. The molecule has 1 aromatic heterocycles. The largest absolute Gasteiger partial charge is 0.370 e. The summed E-state index contributed by atoms with van der Waals surface area (Å²) in [6.07, 6.45) is 0.701. The van der Waals surface area contributed by atoms with Crippen LogP contribution in [0.25, 0.3) is 0 Å². The van der Waals surface area contributed by atoms with E-state index in [0.29, 0.717) is 35.3 Å². The quantitative estimate of drug-likeness (QED) is 0.626. The highest BCUT2D eigenvalue weighted by molar-refractivity contribution is 6.31. The number of benzene rings is 2. The molecule has 1 heterocycles. The van der Waals surface area contributed by atoms with E-state index in [1.54, 1.807) is 37.3 Å². The van der Waals surface area contributed by atoms with E-state index in [4.69, 9.17) is 11.6 Å². The van der Waals surface area contributed by atoms with Gasteiger partial charge in [-0.1, -0.05) is 29.8 Å².